The molecule has 1 aliphatic rings. The Balaban J connectivity index is 2.31. The van der Waals surface area contributed by atoms with Gasteiger partial charge in [0.05, 0.1) is 6.54 Å². The standard InChI is InChI=1S/C17H28N4O3/c1-3-9-21-15(18)14(16(23)19(2)17(21)24)13(22)12-20-10-7-5-4-6-8-11-20/h3-12,18H2,1-2H3. The molecule has 7 nitrogen and oxygen atoms in total. The van der Waals surface area contributed by atoms with Crippen LogP contribution in [0.2, 0.25) is 0 Å². The van der Waals surface area contributed by atoms with Crippen LogP contribution < -0.4 is 17.0 Å². The Labute approximate surface area is 142 Å². The van der Waals surface area contributed by atoms with Crippen molar-refractivity contribution in [2.45, 2.75) is 52.0 Å². The van der Waals surface area contributed by atoms with Crippen LogP contribution in [0.15, 0.2) is 9.59 Å². The Morgan fingerprint density at radius 1 is 1.08 bits per heavy atom. The summed E-state index contributed by atoms with van der Waals surface area (Å²) >= 11 is 0. The number of nitrogen functional groups attached to an aromatic ring is 1. The van der Waals surface area contributed by atoms with E-state index in [1.807, 2.05) is 6.92 Å². The summed E-state index contributed by atoms with van der Waals surface area (Å²) in [5.41, 5.74) is 4.90. The van der Waals surface area contributed by atoms with Gasteiger partial charge in [-0.25, -0.2) is 4.79 Å². The van der Waals surface area contributed by atoms with Gasteiger partial charge in [0.1, 0.15) is 11.4 Å². The van der Waals surface area contributed by atoms with Crippen molar-refractivity contribution in [2.24, 2.45) is 7.05 Å². The fourth-order valence-electron chi connectivity index (χ4n) is 3.24. The number of likely N-dealkylation sites (tertiary alicyclic amines) is 1. The van der Waals surface area contributed by atoms with E-state index in [9.17, 15) is 14.4 Å². The molecular formula is C17H28N4O3. The molecule has 0 saturated carbocycles. The van der Waals surface area contributed by atoms with Crippen LogP contribution in [0, 0.1) is 0 Å². The molecule has 0 unspecified atom stereocenters. The monoisotopic (exact) mass is 336 g/mol. The number of hydrogen-bond acceptors (Lipinski definition) is 5. The average Bonchev–Trinajstić information content (AvgIpc) is 2.52. The first kappa shape index (κ1) is 18.4. The van der Waals surface area contributed by atoms with Crippen molar-refractivity contribution in [1.29, 1.82) is 0 Å². The highest BCUT2D eigenvalue weighted by Gasteiger charge is 2.23. The summed E-state index contributed by atoms with van der Waals surface area (Å²) in [7, 11) is 1.39. The van der Waals surface area contributed by atoms with Gasteiger partial charge in [0.25, 0.3) is 5.56 Å². The zero-order valence-electron chi connectivity index (χ0n) is 14.7. The first-order chi connectivity index (χ1) is 11.5. The van der Waals surface area contributed by atoms with E-state index in [2.05, 4.69) is 4.90 Å². The third-order valence-electron chi connectivity index (χ3n) is 4.63. The van der Waals surface area contributed by atoms with E-state index < -0.39 is 11.2 Å². The van der Waals surface area contributed by atoms with Gasteiger partial charge >= 0.3 is 5.69 Å². The lowest BCUT2D eigenvalue weighted by Crippen LogP contribution is -2.44. The lowest BCUT2D eigenvalue weighted by Gasteiger charge is -2.24. The molecule has 0 aromatic carbocycles. The van der Waals surface area contributed by atoms with Crippen LogP contribution in [0.5, 0.6) is 0 Å². The van der Waals surface area contributed by atoms with Crippen molar-refractivity contribution in [3.05, 3.63) is 26.4 Å². The van der Waals surface area contributed by atoms with Crippen LogP contribution in [0.1, 0.15) is 55.8 Å². The zero-order valence-corrected chi connectivity index (χ0v) is 14.7. The summed E-state index contributed by atoms with van der Waals surface area (Å²) in [5.74, 6) is -0.291. The van der Waals surface area contributed by atoms with Crippen molar-refractivity contribution in [3.63, 3.8) is 0 Å². The molecule has 134 valence electrons. The van der Waals surface area contributed by atoms with Crippen LogP contribution in [0.25, 0.3) is 0 Å². The van der Waals surface area contributed by atoms with Gasteiger partial charge in [-0.05, 0) is 32.4 Å². The minimum atomic E-state index is -0.595. The van der Waals surface area contributed by atoms with Crippen LogP contribution in [-0.4, -0.2) is 39.5 Å². The maximum absolute atomic E-state index is 12.7. The molecule has 1 aliphatic heterocycles. The fraction of sp³-hybridized carbons (Fsp3) is 0.706. The third kappa shape index (κ3) is 3.95. The number of rotatable bonds is 5. The van der Waals surface area contributed by atoms with Gasteiger partial charge in [0.15, 0.2) is 5.78 Å². The highest BCUT2D eigenvalue weighted by atomic mass is 16.2. The number of carbonyl (C=O) groups excluding carboxylic acids is 1. The molecule has 0 atom stereocenters. The molecule has 2 heterocycles. The second-order valence-corrected chi connectivity index (χ2v) is 6.53. The molecule has 1 aromatic rings. The normalized spacial score (nSPS) is 16.6. The van der Waals surface area contributed by atoms with E-state index in [4.69, 9.17) is 5.73 Å². The second-order valence-electron chi connectivity index (χ2n) is 6.53. The highest BCUT2D eigenvalue weighted by Crippen LogP contribution is 2.12. The van der Waals surface area contributed by atoms with Crippen LogP contribution in [0.3, 0.4) is 0 Å². The van der Waals surface area contributed by atoms with Crippen LogP contribution in [-0.2, 0) is 13.6 Å². The summed E-state index contributed by atoms with van der Waals surface area (Å²) in [6, 6.07) is 0. The van der Waals surface area contributed by atoms with Gasteiger partial charge in [-0.3, -0.25) is 23.6 Å². The Morgan fingerprint density at radius 2 is 1.67 bits per heavy atom. The van der Waals surface area contributed by atoms with Crippen molar-refractivity contribution >= 4 is 11.6 Å². The number of anilines is 1. The minimum Gasteiger partial charge on any atom is -0.384 e. The smallest absolute Gasteiger partial charge is 0.332 e. The van der Waals surface area contributed by atoms with Crippen molar-refractivity contribution in [2.75, 3.05) is 25.4 Å². The lowest BCUT2D eigenvalue weighted by atomic mass is 10.1. The van der Waals surface area contributed by atoms with Crippen molar-refractivity contribution < 1.29 is 4.79 Å². The first-order valence-electron chi connectivity index (χ1n) is 8.82. The van der Waals surface area contributed by atoms with Crippen LogP contribution >= 0.6 is 0 Å². The van der Waals surface area contributed by atoms with Gasteiger partial charge in [0, 0.05) is 13.6 Å². The van der Waals surface area contributed by atoms with Gasteiger partial charge in [-0.1, -0.05) is 26.2 Å². The maximum atomic E-state index is 12.7. The first-order valence-corrected chi connectivity index (χ1v) is 8.82. The molecule has 1 fully saturated rings. The molecule has 0 bridgehead atoms. The average molecular weight is 336 g/mol. The topological polar surface area (TPSA) is 90.3 Å². The number of Topliss-reactive ketones (excluding diaryl/α,β-unsaturated/α-hetero) is 1. The minimum absolute atomic E-state index is 0.00185. The lowest BCUT2D eigenvalue weighted by molar-refractivity contribution is 0.0922. The van der Waals surface area contributed by atoms with E-state index in [0.29, 0.717) is 13.0 Å². The summed E-state index contributed by atoms with van der Waals surface area (Å²) in [6.07, 6.45) is 6.43. The number of ketones is 1. The van der Waals surface area contributed by atoms with Gasteiger partial charge in [-0.2, -0.15) is 0 Å². The molecule has 0 aliphatic carbocycles. The van der Waals surface area contributed by atoms with E-state index in [1.54, 1.807) is 0 Å². The molecule has 2 N–H and O–H groups in total. The van der Waals surface area contributed by atoms with E-state index in [-0.39, 0.29) is 23.7 Å². The number of nitrogens with two attached hydrogens (primary N) is 1. The summed E-state index contributed by atoms with van der Waals surface area (Å²) < 4.78 is 2.30. The quantitative estimate of drug-likeness (QED) is 0.810. The Morgan fingerprint density at radius 3 is 2.25 bits per heavy atom. The molecule has 24 heavy (non-hydrogen) atoms. The molecule has 0 spiro atoms. The molecule has 0 amide bonds. The second kappa shape index (κ2) is 8.28. The summed E-state index contributed by atoms with van der Waals surface area (Å²) in [5, 5.41) is 0. The van der Waals surface area contributed by atoms with Gasteiger partial charge in [0.2, 0.25) is 0 Å². The number of aromatic nitrogens is 2. The third-order valence-corrected chi connectivity index (χ3v) is 4.63. The molecule has 7 heteroatoms. The fourth-order valence-corrected chi connectivity index (χ4v) is 3.24. The molecule has 1 aromatic heterocycles. The zero-order chi connectivity index (χ0) is 17.7. The molecule has 2 rings (SSSR count). The van der Waals surface area contributed by atoms with Crippen LogP contribution in [0.4, 0.5) is 5.82 Å². The summed E-state index contributed by atoms with van der Waals surface area (Å²) in [6.45, 7) is 4.21. The van der Waals surface area contributed by atoms with E-state index in [1.165, 1.54) is 30.9 Å². The van der Waals surface area contributed by atoms with Crippen molar-refractivity contribution in [3.8, 4) is 0 Å². The van der Waals surface area contributed by atoms with Gasteiger partial charge in [-0.15, -0.1) is 0 Å². The number of nitrogens with zero attached hydrogens (tertiary/aromatic N) is 3. The SMILES string of the molecule is CCCn1c(N)c(C(=O)CN2CCCCCCC2)c(=O)n(C)c1=O. The van der Waals surface area contributed by atoms with Crippen molar-refractivity contribution in [1.82, 2.24) is 14.0 Å². The predicted molar refractivity (Wildman–Crippen MR) is 94.5 cm³/mol. The Bertz CT molecular complexity index is 697. The van der Waals surface area contributed by atoms with Gasteiger partial charge < -0.3 is 5.73 Å². The Kier molecular flexibility index (Phi) is 6.36. The highest BCUT2D eigenvalue weighted by molar-refractivity contribution is 6.01. The molecule has 1 saturated heterocycles. The Hall–Kier alpha value is -1.89. The predicted octanol–water partition coefficient (Wildman–Crippen LogP) is 0.988. The molecular weight excluding hydrogens is 308 g/mol. The molecule has 0 radical (unpaired) electrons. The summed E-state index contributed by atoms with van der Waals surface area (Å²) in [4.78, 5) is 39.4. The van der Waals surface area contributed by atoms with E-state index >= 15 is 0 Å². The maximum Gasteiger partial charge on any atom is 0.332 e. The number of carbonyl (C=O) groups is 1. The number of hydrogen-bond donors (Lipinski definition) is 1. The largest absolute Gasteiger partial charge is 0.384 e. The van der Waals surface area contributed by atoms with E-state index in [0.717, 1.165) is 30.5 Å².